The number of hydrogen-bond acceptors (Lipinski definition) is 4. The van der Waals surface area contributed by atoms with Crippen LogP contribution in [0.3, 0.4) is 0 Å². The Labute approximate surface area is 120 Å². The number of hydrogen-bond donors (Lipinski definition) is 2. The van der Waals surface area contributed by atoms with Gasteiger partial charge in [-0.15, -0.1) is 11.3 Å². The number of allylic oxidation sites excluding steroid dienone is 1. The number of thiophene rings is 1. The maximum Gasteiger partial charge on any atom is 0.0895 e. The van der Waals surface area contributed by atoms with Crippen LogP contribution in [-0.2, 0) is 0 Å². The highest BCUT2D eigenvalue weighted by Crippen LogP contribution is 2.33. The molecule has 4 heteroatoms. The van der Waals surface area contributed by atoms with Crippen molar-refractivity contribution in [1.29, 1.82) is 5.41 Å². The first kappa shape index (κ1) is 12.6. The lowest BCUT2D eigenvalue weighted by Gasteiger charge is -2.02. The number of nitrogens with two attached hydrogens (primary N) is 1. The Morgan fingerprint density at radius 2 is 1.95 bits per heavy atom. The van der Waals surface area contributed by atoms with E-state index in [1.807, 2.05) is 30.3 Å². The van der Waals surface area contributed by atoms with Gasteiger partial charge in [-0.2, -0.15) is 0 Å². The fraction of sp³-hybridized carbons (Fsp3) is 0. The molecule has 0 saturated heterocycles. The third-order valence-electron chi connectivity index (χ3n) is 3.13. The minimum Gasteiger partial charge on any atom is -0.404 e. The van der Waals surface area contributed by atoms with Crippen molar-refractivity contribution in [3.05, 3.63) is 59.7 Å². The van der Waals surface area contributed by atoms with Gasteiger partial charge in [-0.1, -0.05) is 30.3 Å². The average molecular weight is 279 g/mol. The van der Waals surface area contributed by atoms with E-state index < -0.39 is 0 Å². The van der Waals surface area contributed by atoms with E-state index in [1.165, 1.54) is 12.4 Å². The Kier molecular flexibility index (Phi) is 3.31. The fourth-order valence-electron chi connectivity index (χ4n) is 2.10. The van der Waals surface area contributed by atoms with E-state index in [-0.39, 0.29) is 0 Å². The molecule has 3 rings (SSSR count). The highest BCUT2D eigenvalue weighted by Gasteiger charge is 2.09. The first-order valence-electron chi connectivity index (χ1n) is 6.20. The van der Waals surface area contributed by atoms with Crippen molar-refractivity contribution in [2.75, 3.05) is 0 Å². The van der Waals surface area contributed by atoms with Crippen LogP contribution in [0.4, 0.5) is 0 Å². The normalized spacial score (nSPS) is 11.7. The van der Waals surface area contributed by atoms with Gasteiger partial charge in [0.05, 0.1) is 15.9 Å². The third-order valence-corrected chi connectivity index (χ3v) is 4.07. The molecule has 0 fully saturated rings. The molecule has 0 aliphatic carbocycles. The van der Waals surface area contributed by atoms with Gasteiger partial charge in [-0.25, -0.2) is 4.98 Å². The maximum absolute atomic E-state index is 7.38. The highest BCUT2D eigenvalue weighted by molar-refractivity contribution is 7.17. The third kappa shape index (κ3) is 2.10. The second kappa shape index (κ2) is 5.27. The minimum absolute atomic E-state index is 0.622. The molecule has 0 radical (unpaired) electrons. The Morgan fingerprint density at radius 3 is 2.65 bits per heavy atom. The number of fused-ring (bicyclic) bond motifs is 1. The van der Waals surface area contributed by atoms with Crippen molar-refractivity contribution in [2.45, 2.75) is 0 Å². The first-order chi connectivity index (χ1) is 9.83. The molecule has 3 N–H and O–H groups in total. The molecule has 98 valence electrons. The molecular weight excluding hydrogens is 266 g/mol. The molecule has 0 bridgehead atoms. The van der Waals surface area contributed by atoms with E-state index in [0.29, 0.717) is 5.57 Å². The molecule has 0 unspecified atom stereocenters. The number of aromatic nitrogens is 1. The van der Waals surface area contributed by atoms with E-state index in [9.17, 15) is 0 Å². The van der Waals surface area contributed by atoms with E-state index >= 15 is 0 Å². The zero-order chi connectivity index (χ0) is 13.9. The summed E-state index contributed by atoms with van der Waals surface area (Å²) in [6.45, 7) is 0. The van der Waals surface area contributed by atoms with Crippen LogP contribution in [-0.4, -0.2) is 11.2 Å². The molecule has 1 aromatic carbocycles. The minimum atomic E-state index is 0.622. The van der Waals surface area contributed by atoms with Gasteiger partial charge in [0.25, 0.3) is 0 Å². The molecule has 3 nitrogen and oxygen atoms in total. The summed E-state index contributed by atoms with van der Waals surface area (Å²) in [5, 5.41) is 9.49. The number of rotatable bonds is 3. The van der Waals surface area contributed by atoms with Crippen LogP contribution < -0.4 is 5.73 Å². The maximum atomic E-state index is 7.38. The number of benzene rings is 1. The summed E-state index contributed by atoms with van der Waals surface area (Å²) >= 11 is 1.67. The smallest absolute Gasteiger partial charge is 0.0895 e. The SMILES string of the molecule is N=C/C(=C\N)c1ccc2scc(-c3ccccc3)c2n1. The van der Waals surface area contributed by atoms with Crippen molar-refractivity contribution >= 4 is 33.3 Å². The molecule has 0 saturated carbocycles. The van der Waals surface area contributed by atoms with Gasteiger partial charge in [-0.05, 0) is 17.7 Å². The molecule has 3 aromatic rings. The van der Waals surface area contributed by atoms with Crippen LogP contribution in [0.25, 0.3) is 26.9 Å². The van der Waals surface area contributed by atoms with Crippen LogP contribution in [0.1, 0.15) is 5.69 Å². The summed E-state index contributed by atoms with van der Waals surface area (Å²) in [6, 6.07) is 14.1. The van der Waals surface area contributed by atoms with Gasteiger partial charge < -0.3 is 11.1 Å². The van der Waals surface area contributed by atoms with Crippen molar-refractivity contribution in [1.82, 2.24) is 4.98 Å². The zero-order valence-corrected chi connectivity index (χ0v) is 11.5. The first-order valence-corrected chi connectivity index (χ1v) is 7.08. The molecular formula is C16H13N3S. The van der Waals surface area contributed by atoms with Crippen molar-refractivity contribution < 1.29 is 0 Å². The number of nitrogens with one attached hydrogen (secondary N) is 1. The van der Waals surface area contributed by atoms with Gasteiger partial charge in [0, 0.05) is 28.9 Å². The van der Waals surface area contributed by atoms with Gasteiger partial charge in [0.15, 0.2) is 0 Å². The monoisotopic (exact) mass is 279 g/mol. The predicted octanol–water partition coefficient (Wildman–Crippen LogP) is 3.91. The van der Waals surface area contributed by atoms with E-state index in [4.69, 9.17) is 11.1 Å². The molecule has 0 spiro atoms. The molecule has 2 aromatic heterocycles. The Balaban J connectivity index is 2.21. The Bertz CT molecular complexity index is 788. The average Bonchev–Trinajstić information content (AvgIpc) is 2.93. The van der Waals surface area contributed by atoms with E-state index in [2.05, 4.69) is 22.5 Å². The quantitative estimate of drug-likeness (QED) is 0.714. The lowest BCUT2D eigenvalue weighted by atomic mass is 10.1. The fourth-order valence-corrected chi connectivity index (χ4v) is 3.01. The van der Waals surface area contributed by atoms with Crippen molar-refractivity contribution in [3.63, 3.8) is 0 Å². The lowest BCUT2D eigenvalue weighted by Crippen LogP contribution is -1.94. The summed E-state index contributed by atoms with van der Waals surface area (Å²) in [7, 11) is 0. The van der Waals surface area contributed by atoms with Gasteiger partial charge in [0.1, 0.15) is 0 Å². The van der Waals surface area contributed by atoms with Crippen LogP contribution in [0.2, 0.25) is 0 Å². The summed E-state index contributed by atoms with van der Waals surface area (Å²) in [5.74, 6) is 0. The summed E-state index contributed by atoms with van der Waals surface area (Å²) in [4.78, 5) is 4.66. The largest absolute Gasteiger partial charge is 0.404 e. The van der Waals surface area contributed by atoms with Crippen molar-refractivity contribution in [2.24, 2.45) is 5.73 Å². The van der Waals surface area contributed by atoms with Gasteiger partial charge >= 0.3 is 0 Å². The molecule has 2 heterocycles. The van der Waals surface area contributed by atoms with Gasteiger partial charge in [-0.3, -0.25) is 0 Å². The highest BCUT2D eigenvalue weighted by atomic mass is 32.1. The van der Waals surface area contributed by atoms with Crippen LogP contribution in [0.15, 0.2) is 54.0 Å². The summed E-state index contributed by atoms with van der Waals surface area (Å²) in [5.41, 5.74) is 10.1. The lowest BCUT2D eigenvalue weighted by molar-refractivity contribution is 1.36. The second-order valence-corrected chi connectivity index (χ2v) is 5.24. The van der Waals surface area contributed by atoms with Crippen molar-refractivity contribution in [3.8, 4) is 11.1 Å². The standard InChI is InChI=1S/C16H13N3S/c17-8-12(9-18)14-6-7-15-16(19-14)13(10-20-15)11-4-2-1-3-5-11/h1-10,17H,18H2/b12-9+,17-8?. The molecule has 0 amide bonds. The molecule has 20 heavy (non-hydrogen) atoms. The predicted molar refractivity (Wildman–Crippen MR) is 86.0 cm³/mol. The van der Waals surface area contributed by atoms with Gasteiger partial charge in [0.2, 0.25) is 0 Å². The Hall–Kier alpha value is -2.46. The zero-order valence-electron chi connectivity index (χ0n) is 10.7. The number of nitrogens with zero attached hydrogens (tertiary/aromatic N) is 1. The number of pyridine rings is 1. The molecule has 0 aliphatic heterocycles. The topological polar surface area (TPSA) is 62.8 Å². The summed E-state index contributed by atoms with van der Waals surface area (Å²) in [6.07, 6.45) is 2.64. The molecule has 0 aliphatic rings. The molecule has 0 atom stereocenters. The van der Waals surface area contributed by atoms with Crippen LogP contribution in [0.5, 0.6) is 0 Å². The second-order valence-electron chi connectivity index (χ2n) is 4.32. The van der Waals surface area contributed by atoms with Crippen LogP contribution >= 0.6 is 11.3 Å². The summed E-state index contributed by atoms with van der Waals surface area (Å²) < 4.78 is 1.13. The van der Waals surface area contributed by atoms with E-state index in [0.717, 1.165) is 27.0 Å². The Morgan fingerprint density at radius 1 is 1.15 bits per heavy atom. The van der Waals surface area contributed by atoms with E-state index in [1.54, 1.807) is 11.3 Å². The van der Waals surface area contributed by atoms with Crippen LogP contribution in [0, 0.1) is 5.41 Å².